The predicted octanol–water partition coefficient (Wildman–Crippen LogP) is 5.31. The quantitative estimate of drug-likeness (QED) is 0.564. The largest absolute Gasteiger partial charge is 0.271 e. The fourth-order valence-electron chi connectivity index (χ4n) is 2.54. The van der Waals surface area contributed by atoms with Gasteiger partial charge in [0.05, 0.1) is 5.71 Å². The summed E-state index contributed by atoms with van der Waals surface area (Å²) in [5.41, 5.74) is 6.60. The molecule has 0 fully saturated rings. The van der Waals surface area contributed by atoms with Crippen molar-refractivity contribution in [2.45, 2.75) is 52.4 Å². The first-order valence-electron chi connectivity index (χ1n) is 8.94. The number of benzene rings is 2. The first kappa shape index (κ1) is 18.9. The van der Waals surface area contributed by atoms with E-state index < -0.39 is 0 Å². The number of hydrazone groups is 1. The van der Waals surface area contributed by atoms with Gasteiger partial charge in [0, 0.05) is 5.56 Å². The molecule has 0 radical (unpaired) electrons. The molecule has 2 rings (SSSR count). The third kappa shape index (κ3) is 5.56. The van der Waals surface area contributed by atoms with Gasteiger partial charge in [0.15, 0.2) is 0 Å². The zero-order valence-corrected chi connectivity index (χ0v) is 15.7. The Hall–Kier alpha value is -2.42. The van der Waals surface area contributed by atoms with Crippen LogP contribution in [-0.2, 0) is 5.41 Å². The average Bonchev–Trinajstić information content (AvgIpc) is 2.61. The Balaban J connectivity index is 2.12. The van der Waals surface area contributed by atoms with Gasteiger partial charge in [0.25, 0.3) is 5.91 Å². The lowest BCUT2D eigenvalue weighted by Crippen LogP contribution is -2.20. The van der Waals surface area contributed by atoms with Crippen molar-refractivity contribution in [3.8, 4) is 0 Å². The normalized spacial score (nSPS) is 12.1. The zero-order chi connectivity index (χ0) is 18.3. The van der Waals surface area contributed by atoms with Crippen LogP contribution in [0.25, 0.3) is 0 Å². The Bertz CT molecular complexity index is 710. The molecule has 3 heteroatoms. The second kappa shape index (κ2) is 8.61. The molecule has 0 aliphatic rings. The van der Waals surface area contributed by atoms with E-state index in [4.69, 9.17) is 0 Å². The zero-order valence-electron chi connectivity index (χ0n) is 15.7. The Morgan fingerprint density at radius 1 is 0.960 bits per heavy atom. The summed E-state index contributed by atoms with van der Waals surface area (Å²) in [5, 5.41) is 4.40. The number of carbonyl (C=O) groups is 1. The third-order valence-corrected chi connectivity index (χ3v) is 4.18. The van der Waals surface area contributed by atoms with Crippen molar-refractivity contribution in [3.05, 3.63) is 71.3 Å². The number of carbonyl (C=O) groups excluding carboxylic acids is 1. The smallest absolute Gasteiger partial charge is 0.267 e. The fourth-order valence-corrected chi connectivity index (χ4v) is 2.54. The molecule has 0 unspecified atom stereocenters. The van der Waals surface area contributed by atoms with Crippen molar-refractivity contribution in [3.63, 3.8) is 0 Å². The van der Waals surface area contributed by atoms with Gasteiger partial charge < -0.3 is 0 Å². The summed E-state index contributed by atoms with van der Waals surface area (Å²) in [7, 11) is 0. The molecule has 0 aromatic heterocycles. The van der Waals surface area contributed by atoms with E-state index in [9.17, 15) is 4.79 Å². The summed E-state index contributed by atoms with van der Waals surface area (Å²) in [6.45, 7) is 8.63. The van der Waals surface area contributed by atoms with E-state index in [0.29, 0.717) is 5.56 Å². The lowest BCUT2D eigenvalue weighted by atomic mass is 9.87. The van der Waals surface area contributed by atoms with Crippen LogP contribution in [0.5, 0.6) is 0 Å². The number of hydrogen-bond donors (Lipinski definition) is 1. The molecule has 3 nitrogen and oxygen atoms in total. The van der Waals surface area contributed by atoms with Gasteiger partial charge in [-0.2, -0.15) is 5.10 Å². The number of amides is 1. The van der Waals surface area contributed by atoms with Crippen molar-refractivity contribution in [1.29, 1.82) is 0 Å². The van der Waals surface area contributed by atoms with E-state index >= 15 is 0 Å². The highest BCUT2D eigenvalue weighted by Gasteiger charge is 2.14. The second-order valence-corrected chi connectivity index (χ2v) is 7.30. The van der Waals surface area contributed by atoms with Gasteiger partial charge in [-0.3, -0.25) is 4.79 Å². The van der Waals surface area contributed by atoms with E-state index in [2.05, 4.69) is 38.2 Å². The van der Waals surface area contributed by atoms with Gasteiger partial charge in [-0.05, 0) is 41.5 Å². The van der Waals surface area contributed by atoms with E-state index in [1.807, 2.05) is 54.6 Å². The number of unbranched alkanes of at least 4 members (excludes halogenated alkanes) is 1. The Kier molecular flexibility index (Phi) is 6.51. The van der Waals surface area contributed by atoms with Gasteiger partial charge in [0.2, 0.25) is 0 Å². The molecule has 0 atom stereocenters. The van der Waals surface area contributed by atoms with E-state index in [1.165, 1.54) is 5.56 Å². The summed E-state index contributed by atoms with van der Waals surface area (Å²) in [5.74, 6) is -0.176. The maximum Gasteiger partial charge on any atom is 0.271 e. The summed E-state index contributed by atoms with van der Waals surface area (Å²) in [6, 6.07) is 17.8. The SMILES string of the molecule is CCCCC(=NNC(=O)c1ccc(C(C)(C)C)cc1)c1ccccc1. The van der Waals surface area contributed by atoms with Crippen LogP contribution in [0.2, 0.25) is 0 Å². The second-order valence-electron chi connectivity index (χ2n) is 7.30. The van der Waals surface area contributed by atoms with Gasteiger partial charge in [-0.15, -0.1) is 0 Å². The summed E-state index contributed by atoms with van der Waals surface area (Å²) in [4.78, 5) is 12.4. The first-order chi connectivity index (χ1) is 11.9. The highest BCUT2D eigenvalue weighted by Crippen LogP contribution is 2.22. The van der Waals surface area contributed by atoms with Crippen molar-refractivity contribution in [2.75, 3.05) is 0 Å². The third-order valence-electron chi connectivity index (χ3n) is 4.18. The molecule has 0 saturated carbocycles. The highest BCUT2D eigenvalue weighted by molar-refractivity contribution is 6.02. The van der Waals surface area contributed by atoms with E-state index in [-0.39, 0.29) is 11.3 Å². The minimum absolute atomic E-state index is 0.0772. The van der Waals surface area contributed by atoms with E-state index in [0.717, 1.165) is 30.5 Å². The van der Waals surface area contributed by atoms with Gasteiger partial charge in [-0.1, -0.05) is 76.6 Å². The van der Waals surface area contributed by atoms with Crippen LogP contribution >= 0.6 is 0 Å². The molecule has 2 aromatic carbocycles. The first-order valence-corrected chi connectivity index (χ1v) is 8.94. The molecular weight excluding hydrogens is 308 g/mol. The lowest BCUT2D eigenvalue weighted by Gasteiger charge is -2.18. The van der Waals surface area contributed by atoms with Crippen LogP contribution in [0.4, 0.5) is 0 Å². The Morgan fingerprint density at radius 2 is 1.60 bits per heavy atom. The van der Waals surface area contributed by atoms with Crippen LogP contribution in [0.1, 0.15) is 68.4 Å². The number of nitrogens with zero attached hydrogens (tertiary/aromatic N) is 1. The van der Waals surface area contributed by atoms with Crippen LogP contribution in [-0.4, -0.2) is 11.6 Å². The average molecular weight is 336 g/mol. The molecule has 0 aliphatic carbocycles. The Morgan fingerprint density at radius 3 is 2.16 bits per heavy atom. The van der Waals surface area contributed by atoms with Gasteiger partial charge in [-0.25, -0.2) is 5.43 Å². The topological polar surface area (TPSA) is 41.5 Å². The van der Waals surface area contributed by atoms with Crippen molar-refractivity contribution < 1.29 is 4.79 Å². The standard InChI is InChI=1S/C22H28N2O/c1-5-6-12-20(17-10-8-7-9-11-17)23-24-21(25)18-13-15-19(16-14-18)22(2,3)4/h7-11,13-16H,5-6,12H2,1-4H3,(H,24,25). The number of rotatable bonds is 6. The monoisotopic (exact) mass is 336 g/mol. The van der Waals surface area contributed by atoms with Crippen LogP contribution in [0.3, 0.4) is 0 Å². The Labute approximate surface area is 151 Å². The minimum Gasteiger partial charge on any atom is -0.267 e. The van der Waals surface area contributed by atoms with Crippen LogP contribution in [0.15, 0.2) is 59.7 Å². The van der Waals surface area contributed by atoms with Crippen molar-refractivity contribution in [1.82, 2.24) is 5.43 Å². The lowest BCUT2D eigenvalue weighted by molar-refractivity contribution is 0.0954. The minimum atomic E-state index is -0.176. The van der Waals surface area contributed by atoms with Crippen LogP contribution < -0.4 is 5.43 Å². The van der Waals surface area contributed by atoms with Gasteiger partial charge >= 0.3 is 0 Å². The molecule has 0 spiro atoms. The summed E-state index contributed by atoms with van der Waals surface area (Å²) >= 11 is 0. The molecule has 2 aromatic rings. The molecule has 0 saturated heterocycles. The van der Waals surface area contributed by atoms with E-state index in [1.54, 1.807) is 0 Å². The predicted molar refractivity (Wildman–Crippen MR) is 105 cm³/mol. The number of hydrogen-bond acceptors (Lipinski definition) is 2. The van der Waals surface area contributed by atoms with Gasteiger partial charge in [0.1, 0.15) is 0 Å². The molecule has 25 heavy (non-hydrogen) atoms. The maximum absolute atomic E-state index is 12.4. The molecule has 0 heterocycles. The van der Waals surface area contributed by atoms with Crippen molar-refractivity contribution >= 4 is 11.6 Å². The summed E-state index contributed by atoms with van der Waals surface area (Å²) in [6.07, 6.45) is 2.99. The molecule has 0 bridgehead atoms. The van der Waals surface area contributed by atoms with Crippen LogP contribution in [0, 0.1) is 0 Å². The molecule has 1 N–H and O–H groups in total. The van der Waals surface area contributed by atoms with Crippen molar-refractivity contribution in [2.24, 2.45) is 5.10 Å². The summed E-state index contributed by atoms with van der Waals surface area (Å²) < 4.78 is 0. The maximum atomic E-state index is 12.4. The molecule has 132 valence electrons. The molecular formula is C22H28N2O. The highest BCUT2D eigenvalue weighted by atomic mass is 16.2. The molecule has 0 aliphatic heterocycles. The number of nitrogens with one attached hydrogen (secondary N) is 1. The molecule has 1 amide bonds. The fraction of sp³-hybridized carbons (Fsp3) is 0.364.